The van der Waals surface area contributed by atoms with E-state index in [1.165, 1.54) is 12.7 Å². The van der Waals surface area contributed by atoms with Gasteiger partial charge in [-0.15, -0.1) is 0 Å². The number of hydrogen-bond donors (Lipinski definition) is 1. The van der Waals surface area contributed by atoms with Crippen LogP contribution in [-0.2, 0) is 16.6 Å². The van der Waals surface area contributed by atoms with Gasteiger partial charge in [-0.1, -0.05) is 48.0 Å². The highest BCUT2D eigenvalue weighted by atomic mass is 19.4. The molecule has 28 heavy (non-hydrogen) atoms. The second-order valence-electron chi connectivity index (χ2n) is 5.84. The van der Waals surface area contributed by atoms with Gasteiger partial charge in [0.1, 0.15) is 5.52 Å². The Morgan fingerprint density at radius 2 is 1.79 bits per heavy atom. The topological polar surface area (TPSA) is 81.4 Å². The number of hydrogen-bond acceptors (Lipinski definition) is 4. The molecular formula is C19H19F3N2O4. The quantitative estimate of drug-likeness (QED) is 0.656. The third-order valence-electron chi connectivity index (χ3n) is 3.82. The molecule has 0 saturated carbocycles. The van der Waals surface area contributed by atoms with Crippen LogP contribution >= 0.6 is 0 Å². The summed E-state index contributed by atoms with van der Waals surface area (Å²) >= 11 is 0. The number of aryl methyl sites for hydroxylation is 2. The van der Waals surface area contributed by atoms with E-state index < -0.39 is 12.1 Å². The lowest BCUT2D eigenvalue weighted by atomic mass is 10.0. The zero-order valence-electron chi connectivity index (χ0n) is 15.2. The highest BCUT2D eigenvalue weighted by Gasteiger charge is 2.38. The van der Waals surface area contributed by atoms with Gasteiger partial charge in [0.05, 0.1) is 7.11 Å². The van der Waals surface area contributed by atoms with Crippen LogP contribution in [0.4, 0.5) is 13.2 Å². The predicted molar refractivity (Wildman–Crippen MR) is 98.0 cm³/mol. The molecule has 0 aliphatic heterocycles. The molecule has 3 rings (SSSR count). The van der Waals surface area contributed by atoms with Crippen LogP contribution < -0.4 is 0 Å². The van der Waals surface area contributed by atoms with Crippen molar-refractivity contribution >= 4 is 22.8 Å². The van der Waals surface area contributed by atoms with Gasteiger partial charge in [-0.3, -0.25) is 4.68 Å². The van der Waals surface area contributed by atoms with E-state index in [1.807, 2.05) is 30.3 Å². The maximum atomic E-state index is 11.9. The number of benzene rings is 2. The number of ether oxygens (including phenoxy) is 1. The summed E-state index contributed by atoms with van der Waals surface area (Å²) in [5, 5.41) is 12.4. The van der Waals surface area contributed by atoms with Gasteiger partial charge in [0.2, 0.25) is 0 Å². The van der Waals surface area contributed by atoms with Crippen LogP contribution in [-0.4, -0.2) is 40.1 Å². The van der Waals surface area contributed by atoms with Crippen molar-refractivity contribution in [3.8, 4) is 11.1 Å². The second-order valence-corrected chi connectivity index (χ2v) is 5.84. The van der Waals surface area contributed by atoms with Gasteiger partial charge in [-0.05, 0) is 12.5 Å². The van der Waals surface area contributed by atoms with Crippen molar-refractivity contribution in [1.82, 2.24) is 9.78 Å². The van der Waals surface area contributed by atoms with Crippen molar-refractivity contribution in [1.29, 1.82) is 0 Å². The summed E-state index contributed by atoms with van der Waals surface area (Å²) < 4.78 is 38.2. The number of nitrogens with zero attached hydrogens (tertiary/aromatic N) is 2. The fourth-order valence-electron chi connectivity index (χ4n) is 2.60. The van der Waals surface area contributed by atoms with Crippen molar-refractivity contribution in [2.75, 3.05) is 7.11 Å². The first-order valence-electron chi connectivity index (χ1n) is 7.97. The van der Waals surface area contributed by atoms with Crippen LogP contribution in [0.1, 0.15) is 17.5 Å². The normalized spacial score (nSPS) is 10.9. The molecule has 0 unspecified atom stereocenters. The van der Waals surface area contributed by atoms with Crippen LogP contribution in [0.5, 0.6) is 0 Å². The molecule has 6 nitrogen and oxygen atoms in total. The summed E-state index contributed by atoms with van der Waals surface area (Å²) in [5.74, 6) is -3.13. The Labute approximate surface area is 159 Å². The summed E-state index contributed by atoms with van der Waals surface area (Å²) in [4.78, 5) is 20.8. The SMILES string of the molecule is COC(=O)c1c2cccc(-c3cccc(C)c3)c2nn1C.O=C(O)C(F)(F)F.[HH]. The maximum Gasteiger partial charge on any atom is 0.490 e. The van der Waals surface area contributed by atoms with Crippen LogP contribution in [0.2, 0.25) is 0 Å². The molecule has 1 heterocycles. The Balaban J connectivity index is 0.000000456. The molecule has 0 aliphatic rings. The number of aliphatic carboxylic acids is 1. The van der Waals surface area contributed by atoms with Gasteiger partial charge in [0.25, 0.3) is 0 Å². The molecule has 0 aliphatic carbocycles. The smallest absolute Gasteiger partial charge is 0.475 e. The molecule has 0 spiro atoms. The van der Waals surface area contributed by atoms with Crippen LogP contribution in [0.3, 0.4) is 0 Å². The first kappa shape index (κ1) is 20.9. The minimum Gasteiger partial charge on any atom is -0.475 e. The number of esters is 1. The number of alkyl halides is 3. The molecule has 0 atom stereocenters. The number of rotatable bonds is 2. The number of fused-ring (bicyclic) bond motifs is 1. The average molecular weight is 396 g/mol. The summed E-state index contributed by atoms with van der Waals surface area (Å²) in [6.45, 7) is 2.06. The number of carboxylic acids is 1. The first-order chi connectivity index (χ1) is 13.1. The minimum absolute atomic E-state index is 0. The summed E-state index contributed by atoms with van der Waals surface area (Å²) in [6, 6.07) is 14.1. The third kappa shape index (κ3) is 4.48. The molecule has 9 heteroatoms. The van der Waals surface area contributed by atoms with Gasteiger partial charge in [-0.2, -0.15) is 18.3 Å². The Kier molecular flexibility index (Phi) is 6.07. The molecule has 0 fully saturated rings. The highest BCUT2D eigenvalue weighted by molar-refractivity contribution is 6.06. The number of halogens is 3. The van der Waals surface area contributed by atoms with Crippen LogP contribution in [0, 0.1) is 6.92 Å². The monoisotopic (exact) mass is 396 g/mol. The summed E-state index contributed by atoms with van der Waals surface area (Å²) in [7, 11) is 3.14. The minimum atomic E-state index is -5.08. The van der Waals surface area contributed by atoms with E-state index >= 15 is 0 Å². The van der Waals surface area contributed by atoms with E-state index in [0.717, 1.165) is 22.0 Å². The lowest BCUT2D eigenvalue weighted by molar-refractivity contribution is -0.192. The largest absolute Gasteiger partial charge is 0.490 e. The number of carbonyl (C=O) groups is 2. The highest BCUT2D eigenvalue weighted by Crippen LogP contribution is 2.30. The zero-order chi connectivity index (χ0) is 21.1. The Morgan fingerprint density at radius 3 is 2.32 bits per heavy atom. The third-order valence-corrected chi connectivity index (χ3v) is 3.82. The van der Waals surface area contributed by atoms with Crippen molar-refractivity contribution < 1.29 is 34.0 Å². The Bertz CT molecular complexity index is 1030. The molecule has 3 aromatic rings. The van der Waals surface area contributed by atoms with Crippen molar-refractivity contribution in [3.05, 3.63) is 53.7 Å². The van der Waals surface area contributed by atoms with Crippen molar-refractivity contribution in [2.24, 2.45) is 7.05 Å². The number of methoxy groups -OCH3 is 1. The van der Waals surface area contributed by atoms with Gasteiger partial charge >= 0.3 is 18.1 Å². The van der Waals surface area contributed by atoms with E-state index in [2.05, 4.69) is 24.2 Å². The van der Waals surface area contributed by atoms with Gasteiger partial charge in [-0.25, -0.2) is 9.59 Å². The molecular weight excluding hydrogens is 377 g/mol. The number of carboxylic acid groups (broad SMARTS) is 1. The van der Waals surface area contributed by atoms with Crippen LogP contribution in [0.25, 0.3) is 22.0 Å². The van der Waals surface area contributed by atoms with Gasteiger partial charge in [0.15, 0.2) is 5.69 Å². The lowest BCUT2D eigenvalue weighted by Crippen LogP contribution is -2.21. The fraction of sp³-hybridized carbons (Fsp3) is 0.211. The fourth-order valence-corrected chi connectivity index (χ4v) is 2.60. The summed E-state index contributed by atoms with van der Waals surface area (Å²) in [5.41, 5.74) is 4.58. The Morgan fingerprint density at radius 1 is 1.18 bits per heavy atom. The number of aromatic nitrogens is 2. The lowest BCUT2D eigenvalue weighted by Gasteiger charge is -2.04. The molecule has 0 saturated heterocycles. The van der Waals surface area contributed by atoms with Crippen molar-refractivity contribution in [3.63, 3.8) is 0 Å². The summed E-state index contributed by atoms with van der Waals surface area (Å²) in [6.07, 6.45) is -5.08. The van der Waals surface area contributed by atoms with Crippen molar-refractivity contribution in [2.45, 2.75) is 13.1 Å². The van der Waals surface area contributed by atoms with Gasteiger partial charge in [0, 0.05) is 19.4 Å². The second kappa shape index (κ2) is 8.12. The standard InChI is InChI=1S/C17H16N2O2.C2HF3O2.H2/c1-11-6-4-7-12(10-11)13-8-5-9-14-15(13)18-19(2)16(14)17(20)21-3;3-2(4,5)1(6)7;/h4-10H,1-3H3;(H,6,7);1H. The van der Waals surface area contributed by atoms with E-state index in [1.54, 1.807) is 11.7 Å². The van der Waals surface area contributed by atoms with E-state index in [-0.39, 0.29) is 7.40 Å². The first-order valence-corrected chi connectivity index (χ1v) is 7.97. The van der Waals surface area contributed by atoms with E-state index in [0.29, 0.717) is 5.69 Å². The van der Waals surface area contributed by atoms with E-state index in [4.69, 9.17) is 14.6 Å². The molecule has 2 aromatic carbocycles. The zero-order valence-corrected chi connectivity index (χ0v) is 15.2. The molecule has 150 valence electrons. The number of carbonyl (C=O) groups excluding carboxylic acids is 1. The molecule has 0 radical (unpaired) electrons. The average Bonchev–Trinajstić information content (AvgIpc) is 2.96. The molecule has 0 bridgehead atoms. The maximum absolute atomic E-state index is 11.9. The Hall–Kier alpha value is -3.36. The molecule has 0 amide bonds. The van der Waals surface area contributed by atoms with Crippen LogP contribution in [0.15, 0.2) is 42.5 Å². The van der Waals surface area contributed by atoms with E-state index in [9.17, 15) is 18.0 Å². The van der Waals surface area contributed by atoms with Gasteiger partial charge < -0.3 is 9.84 Å². The predicted octanol–water partition coefficient (Wildman–Crippen LogP) is 4.21. The molecule has 1 N–H and O–H groups in total. The molecule has 1 aromatic heterocycles.